The topological polar surface area (TPSA) is 73.5 Å². The van der Waals surface area contributed by atoms with Crippen LogP contribution < -0.4 is 16.0 Å². The van der Waals surface area contributed by atoms with Crippen LogP contribution in [0.25, 0.3) is 0 Å². The van der Waals surface area contributed by atoms with Crippen LogP contribution in [0.5, 0.6) is 0 Å². The number of carbonyl (C=O) groups is 2. The second-order valence-electron chi connectivity index (χ2n) is 5.20. The van der Waals surface area contributed by atoms with Crippen molar-refractivity contribution in [2.45, 2.75) is 18.9 Å². The number of imide groups is 1. The second kappa shape index (κ2) is 6.68. The van der Waals surface area contributed by atoms with Gasteiger partial charge in [0.05, 0.1) is 6.54 Å². The molecule has 6 nitrogen and oxygen atoms in total. The number of hydrogen-bond acceptors (Lipinski definition) is 4. The number of likely N-dealkylation sites (tertiary alicyclic amines) is 1. The number of carbonyl (C=O) groups excluding carboxylic acids is 2. The predicted molar refractivity (Wildman–Crippen MR) is 72.7 cm³/mol. The quantitative estimate of drug-likeness (QED) is 0.610. The normalized spacial score (nSPS) is 26.5. The summed E-state index contributed by atoms with van der Waals surface area (Å²) in [7, 11) is 0. The van der Waals surface area contributed by atoms with Gasteiger partial charge in [-0.25, -0.2) is 4.79 Å². The van der Waals surface area contributed by atoms with E-state index in [2.05, 4.69) is 27.4 Å². The molecule has 0 aliphatic carbocycles. The smallest absolute Gasteiger partial charge is 0.321 e. The average Bonchev–Trinajstić information content (AvgIpc) is 2.78. The Bertz CT molecular complexity index is 345. The van der Waals surface area contributed by atoms with E-state index in [0.717, 1.165) is 19.6 Å². The van der Waals surface area contributed by atoms with Crippen molar-refractivity contribution in [1.29, 1.82) is 0 Å². The van der Waals surface area contributed by atoms with E-state index in [0.29, 0.717) is 18.5 Å². The minimum absolute atomic E-state index is 0.250. The van der Waals surface area contributed by atoms with Crippen molar-refractivity contribution in [1.82, 2.24) is 20.9 Å². The molecule has 0 aromatic rings. The molecule has 2 fully saturated rings. The molecule has 0 aromatic heterocycles. The van der Waals surface area contributed by atoms with Crippen molar-refractivity contribution < 1.29 is 9.59 Å². The molecular weight excluding hydrogens is 244 g/mol. The van der Waals surface area contributed by atoms with E-state index < -0.39 is 6.03 Å². The first-order chi connectivity index (χ1) is 9.19. The van der Waals surface area contributed by atoms with E-state index >= 15 is 0 Å². The number of amides is 3. The number of nitrogens with one attached hydrogen (secondary N) is 3. The van der Waals surface area contributed by atoms with Crippen molar-refractivity contribution >= 4 is 11.9 Å². The van der Waals surface area contributed by atoms with Gasteiger partial charge < -0.3 is 10.6 Å². The third-order valence-electron chi connectivity index (χ3n) is 3.70. The Morgan fingerprint density at radius 1 is 1.42 bits per heavy atom. The number of fused-ring (bicyclic) bond motifs is 1. The average molecular weight is 266 g/mol. The summed E-state index contributed by atoms with van der Waals surface area (Å²) in [6, 6.07) is 0.0516. The number of piperidine rings is 1. The zero-order chi connectivity index (χ0) is 13.7. The van der Waals surface area contributed by atoms with Gasteiger partial charge in [-0.1, -0.05) is 6.08 Å². The molecule has 0 bridgehead atoms. The highest BCUT2D eigenvalue weighted by Crippen LogP contribution is 2.24. The van der Waals surface area contributed by atoms with Gasteiger partial charge in [0.15, 0.2) is 0 Å². The van der Waals surface area contributed by atoms with Gasteiger partial charge in [0.2, 0.25) is 5.91 Å². The molecule has 3 amide bonds. The molecule has 0 unspecified atom stereocenters. The van der Waals surface area contributed by atoms with Crippen molar-refractivity contribution in [3.05, 3.63) is 12.7 Å². The number of hydrogen-bond donors (Lipinski definition) is 3. The largest absolute Gasteiger partial charge is 0.334 e. The number of urea groups is 1. The molecule has 2 aliphatic heterocycles. The molecule has 2 atom stereocenters. The number of nitrogens with zero attached hydrogens (tertiary/aromatic N) is 1. The van der Waals surface area contributed by atoms with E-state index in [4.69, 9.17) is 0 Å². The summed E-state index contributed by atoms with van der Waals surface area (Å²) in [4.78, 5) is 25.1. The highest BCUT2D eigenvalue weighted by molar-refractivity contribution is 5.95. The predicted octanol–water partition coefficient (Wildman–Crippen LogP) is -0.318. The van der Waals surface area contributed by atoms with Gasteiger partial charge >= 0.3 is 6.03 Å². The fraction of sp³-hybridized carbons (Fsp3) is 0.692. The zero-order valence-electron chi connectivity index (χ0n) is 11.2. The van der Waals surface area contributed by atoms with Gasteiger partial charge in [-0.05, 0) is 25.3 Å². The summed E-state index contributed by atoms with van der Waals surface area (Å²) in [6.45, 7) is 7.05. The maximum atomic E-state index is 11.7. The number of rotatable bonds is 4. The molecule has 19 heavy (non-hydrogen) atoms. The van der Waals surface area contributed by atoms with Crippen LogP contribution in [0.3, 0.4) is 0 Å². The fourth-order valence-corrected chi connectivity index (χ4v) is 2.84. The summed E-state index contributed by atoms with van der Waals surface area (Å²) < 4.78 is 0. The summed E-state index contributed by atoms with van der Waals surface area (Å²) in [5, 5.41) is 8.33. The Morgan fingerprint density at radius 3 is 3.00 bits per heavy atom. The molecule has 106 valence electrons. The summed E-state index contributed by atoms with van der Waals surface area (Å²) in [5.41, 5.74) is 0. The molecule has 0 spiro atoms. The van der Waals surface area contributed by atoms with E-state index in [9.17, 15) is 9.59 Å². The van der Waals surface area contributed by atoms with Gasteiger partial charge in [-0.2, -0.15) is 0 Å². The van der Waals surface area contributed by atoms with Crippen LogP contribution in [-0.4, -0.2) is 55.6 Å². The van der Waals surface area contributed by atoms with E-state index in [1.54, 1.807) is 6.08 Å². The maximum absolute atomic E-state index is 11.7. The van der Waals surface area contributed by atoms with Gasteiger partial charge in [0.25, 0.3) is 0 Å². The first-order valence-electron chi connectivity index (χ1n) is 6.83. The summed E-state index contributed by atoms with van der Waals surface area (Å²) in [5.74, 6) is 0.399. The molecule has 2 saturated heterocycles. The molecule has 6 heteroatoms. The van der Waals surface area contributed by atoms with E-state index in [-0.39, 0.29) is 12.5 Å². The van der Waals surface area contributed by atoms with E-state index in [1.165, 1.54) is 12.8 Å². The van der Waals surface area contributed by atoms with Crippen molar-refractivity contribution in [2.24, 2.45) is 5.92 Å². The summed E-state index contributed by atoms with van der Waals surface area (Å²) >= 11 is 0. The third-order valence-corrected chi connectivity index (χ3v) is 3.70. The first-order valence-corrected chi connectivity index (χ1v) is 6.83. The monoisotopic (exact) mass is 266 g/mol. The van der Waals surface area contributed by atoms with Crippen LogP contribution in [-0.2, 0) is 4.79 Å². The molecular formula is C13H22N4O2. The zero-order valence-corrected chi connectivity index (χ0v) is 11.2. The van der Waals surface area contributed by atoms with Crippen molar-refractivity contribution in [3.63, 3.8) is 0 Å². The Labute approximate surface area is 113 Å². The first kappa shape index (κ1) is 14.0. The highest BCUT2D eigenvalue weighted by atomic mass is 16.2. The van der Waals surface area contributed by atoms with Crippen LogP contribution in [0.1, 0.15) is 12.8 Å². The SMILES string of the molecule is C=CCNC(=O)NC(=O)CN1C[C@@H]2CCCN[C@@H]2C1. The Morgan fingerprint density at radius 2 is 2.26 bits per heavy atom. The van der Waals surface area contributed by atoms with Crippen LogP contribution in [0.4, 0.5) is 4.79 Å². The molecule has 3 N–H and O–H groups in total. The van der Waals surface area contributed by atoms with Crippen molar-refractivity contribution in [2.75, 3.05) is 32.7 Å². The molecule has 2 aliphatic rings. The van der Waals surface area contributed by atoms with Gasteiger partial charge in [0, 0.05) is 25.7 Å². The minimum atomic E-state index is -0.459. The van der Waals surface area contributed by atoms with Crippen LogP contribution in [0, 0.1) is 5.92 Å². The molecule has 0 radical (unpaired) electrons. The lowest BCUT2D eigenvalue weighted by Gasteiger charge is -2.24. The molecule has 2 rings (SSSR count). The fourth-order valence-electron chi connectivity index (χ4n) is 2.84. The van der Waals surface area contributed by atoms with Crippen LogP contribution in [0.2, 0.25) is 0 Å². The minimum Gasteiger partial charge on any atom is -0.334 e. The highest BCUT2D eigenvalue weighted by Gasteiger charge is 2.34. The Hall–Kier alpha value is -1.40. The van der Waals surface area contributed by atoms with Gasteiger partial charge in [-0.15, -0.1) is 6.58 Å². The van der Waals surface area contributed by atoms with Crippen LogP contribution in [0.15, 0.2) is 12.7 Å². The van der Waals surface area contributed by atoms with Crippen LogP contribution >= 0.6 is 0 Å². The standard InChI is InChI=1S/C13H22N4O2/c1-2-5-15-13(19)16-12(18)9-17-7-10-4-3-6-14-11(10)8-17/h2,10-11,14H,1,3-9H2,(H2,15,16,18,19)/t10-,11+/m0/s1. The molecule has 0 aromatic carbocycles. The van der Waals surface area contributed by atoms with Crippen molar-refractivity contribution in [3.8, 4) is 0 Å². The van der Waals surface area contributed by atoms with E-state index in [1.807, 2.05) is 0 Å². The Balaban J connectivity index is 1.71. The maximum Gasteiger partial charge on any atom is 0.321 e. The lowest BCUT2D eigenvalue weighted by atomic mass is 9.94. The molecule has 0 saturated carbocycles. The van der Waals surface area contributed by atoms with Gasteiger partial charge in [0.1, 0.15) is 0 Å². The van der Waals surface area contributed by atoms with Gasteiger partial charge in [-0.3, -0.25) is 15.0 Å². The lowest BCUT2D eigenvalue weighted by Crippen LogP contribution is -2.44. The summed E-state index contributed by atoms with van der Waals surface area (Å²) in [6.07, 6.45) is 4.02. The second-order valence-corrected chi connectivity index (χ2v) is 5.20. The Kier molecular flexibility index (Phi) is 4.93. The third kappa shape index (κ3) is 4.04. The molecule has 2 heterocycles. The lowest BCUT2D eigenvalue weighted by molar-refractivity contribution is -0.120.